The summed E-state index contributed by atoms with van der Waals surface area (Å²) < 4.78 is 0. The van der Waals surface area contributed by atoms with Gasteiger partial charge in [0.05, 0.1) is 6.61 Å². The third-order valence-electron chi connectivity index (χ3n) is 2.90. The largest absolute Gasteiger partial charge is 0.392 e. The number of allylic oxidation sites excluding steroid dienone is 1. The highest BCUT2D eigenvalue weighted by Gasteiger charge is 2.18. The first kappa shape index (κ1) is 10.7. The first-order valence-corrected chi connectivity index (χ1v) is 5.29. The Morgan fingerprint density at radius 2 is 2.00 bits per heavy atom. The number of aliphatic hydroxyl groups excluding tert-OH is 1. The van der Waals surface area contributed by atoms with Gasteiger partial charge in [0.1, 0.15) is 0 Å². The van der Waals surface area contributed by atoms with E-state index in [0.29, 0.717) is 0 Å². The van der Waals surface area contributed by atoms with Gasteiger partial charge in [-0.25, -0.2) is 0 Å². The highest BCUT2D eigenvalue weighted by molar-refractivity contribution is 4.90. The van der Waals surface area contributed by atoms with Crippen LogP contribution < -0.4 is 5.32 Å². The van der Waals surface area contributed by atoms with E-state index in [1.807, 2.05) is 13.1 Å². The quantitative estimate of drug-likeness (QED) is 0.648. The first-order chi connectivity index (χ1) is 6.36. The minimum atomic E-state index is 0.191. The Bertz CT molecular complexity index is 148. The fraction of sp³-hybridized carbons (Fsp3) is 0.818. The second-order valence-corrected chi connectivity index (χ2v) is 3.95. The lowest BCUT2D eigenvalue weighted by molar-refractivity contribution is 0.302. The van der Waals surface area contributed by atoms with Crippen molar-refractivity contribution in [2.24, 2.45) is 11.8 Å². The van der Waals surface area contributed by atoms with E-state index < -0.39 is 0 Å². The maximum atomic E-state index is 8.64. The monoisotopic (exact) mass is 183 g/mol. The van der Waals surface area contributed by atoms with E-state index in [2.05, 4.69) is 11.4 Å². The van der Waals surface area contributed by atoms with E-state index in [1.165, 1.54) is 25.7 Å². The van der Waals surface area contributed by atoms with Crippen LogP contribution in [0, 0.1) is 11.8 Å². The molecule has 0 aromatic heterocycles. The smallest absolute Gasteiger partial charge is 0.0612 e. The Balaban J connectivity index is 2.18. The topological polar surface area (TPSA) is 32.3 Å². The summed E-state index contributed by atoms with van der Waals surface area (Å²) in [6.07, 6.45) is 9.31. The molecule has 76 valence electrons. The Morgan fingerprint density at radius 3 is 2.54 bits per heavy atom. The molecule has 0 heterocycles. The molecule has 1 saturated carbocycles. The molecule has 0 atom stereocenters. The van der Waals surface area contributed by atoms with Crippen molar-refractivity contribution < 1.29 is 5.11 Å². The molecule has 0 saturated heterocycles. The molecule has 0 unspecified atom stereocenters. The molecule has 1 aliphatic carbocycles. The van der Waals surface area contributed by atoms with Crippen LogP contribution in [-0.2, 0) is 0 Å². The SMILES string of the molecule is CNCC1CCC(/C=C/CO)CC1. The van der Waals surface area contributed by atoms with Crippen LogP contribution in [0.15, 0.2) is 12.2 Å². The number of hydrogen-bond acceptors (Lipinski definition) is 2. The molecule has 2 nitrogen and oxygen atoms in total. The zero-order valence-corrected chi connectivity index (χ0v) is 8.50. The molecular formula is C11H21NO. The summed E-state index contributed by atoms with van der Waals surface area (Å²) in [5.74, 6) is 1.60. The minimum Gasteiger partial charge on any atom is -0.392 e. The van der Waals surface area contributed by atoms with Crippen LogP contribution in [0.2, 0.25) is 0 Å². The van der Waals surface area contributed by atoms with Gasteiger partial charge in [-0.15, -0.1) is 0 Å². The summed E-state index contributed by atoms with van der Waals surface area (Å²) in [7, 11) is 2.03. The van der Waals surface area contributed by atoms with Gasteiger partial charge in [-0.2, -0.15) is 0 Å². The fourth-order valence-electron chi connectivity index (χ4n) is 2.13. The Hall–Kier alpha value is -0.340. The van der Waals surface area contributed by atoms with Crippen LogP contribution in [0.25, 0.3) is 0 Å². The summed E-state index contributed by atoms with van der Waals surface area (Å²) in [5.41, 5.74) is 0. The lowest BCUT2D eigenvalue weighted by Crippen LogP contribution is -2.23. The van der Waals surface area contributed by atoms with Gasteiger partial charge in [-0.05, 0) is 51.1 Å². The Kier molecular flexibility index (Phi) is 5.09. The molecule has 0 radical (unpaired) electrons. The molecule has 2 heteroatoms. The van der Waals surface area contributed by atoms with Crippen LogP contribution in [0.5, 0.6) is 0 Å². The minimum absolute atomic E-state index is 0.191. The molecule has 13 heavy (non-hydrogen) atoms. The van der Waals surface area contributed by atoms with E-state index in [0.717, 1.165) is 18.4 Å². The lowest BCUT2D eigenvalue weighted by atomic mass is 9.82. The summed E-state index contributed by atoms with van der Waals surface area (Å²) in [5, 5.41) is 11.9. The third-order valence-corrected chi connectivity index (χ3v) is 2.90. The maximum Gasteiger partial charge on any atom is 0.0612 e. The molecule has 2 N–H and O–H groups in total. The van der Waals surface area contributed by atoms with Gasteiger partial charge in [0.2, 0.25) is 0 Å². The van der Waals surface area contributed by atoms with Crippen molar-refractivity contribution in [2.75, 3.05) is 20.2 Å². The molecule has 0 aromatic rings. The normalized spacial score (nSPS) is 29.7. The van der Waals surface area contributed by atoms with E-state index in [-0.39, 0.29) is 6.61 Å². The Labute approximate surface area is 81.0 Å². The van der Waals surface area contributed by atoms with Crippen molar-refractivity contribution in [1.82, 2.24) is 5.32 Å². The van der Waals surface area contributed by atoms with Crippen LogP contribution >= 0.6 is 0 Å². The zero-order valence-electron chi connectivity index (χ0n) is 8.50. The molecule has 0 aliphatic heterocycles. The first-order valence-electron chi connectivity index (χ1n) is 5.29. The van der Waals surface area contributed by atoms with Crippen LogP contribution in [0.1, 0.15) is 25.7 Å². The van der Waals surface area contributed by atoms with E-state index in [9.17, 15) is 0 Å². The van der Waals surface area contributed by atoms with Gasteiger partial charge in [0, 0.05) is 0 Å². The predicted molar refractivity (Wildman–Crippen MR) is 55.6 cm³/mol. The van der Waals surface area contributed by atoms with Crippen molar-refractivity contribution in [1.29, 1.82) is 0 Å². The van der Waals surface area contributed by atoms with Gasteiger partial charge in [-0.1, -0.05) is 12.2 Å². The summed E-state index contributed by atoms with van der Waals surface area (Å²) in [4.78, 5) is 0. The molecule has 1 rings (SSSR count). The molecule has 1 aliphatic rings. The molecule has 0 bridgehead atoms. The van der Waals surface area contributed by atoms with Crippen LogP contribution in [0.4, 0.5) is 0 Å². The van der Waals surface area contributed by atoms with Crippen molar-refractivity contribution in [2.45, 2.75) is 25.7 Å². The highest BCUT2D eigenvalue weighted by atomic mass is 16.2. The number of aliphatic hydroxyl groups is 1. The second-order valence-electron chi connectivity index (χ2n) is 3.95. The number of hydrogen-bond donors (Lipinski definition) is 2. The van der Waals surface area contributed by atoms with E-state index >= 15 is 0 Å². The predicted octanol–water partition coefficient (Wildman–Crippen LogP) is 1.56. The fourth-order valence-corrected chi connectivity index (χ4v) is 2.13. The number of rotatable bonds is 4. The summed E-state index contributed by atoms with van der Waals surface area (Å²) >= 11 is 0. The van der Waals surface area contributed by atoms with E-state index in [1.54, 1.807) is 0 Å². The lowest BCUT2D eigenvalue weighted by Gasteiger charge is -2.26. The van der Waals surface area contributed by atoms with E-state index in [4.69, 9.17) is 5.11 Å². The van der Waals surface area contributed by atoms with Crippen LogP contribution in [-0.4, -0.2) is 25.3 Å². The average molecular weight is 183 g/mol. The van der Waals surface area contributed by atoms with Gasteiger partial charge < -0.3 is 10.4 Å². The van der Waals surface area contributed by atoms with Gasteiger partial charge in [0.15, 0.2) is 0 Å². The molecular weight excluding hydrogens is 162 g/mol. The van der Waals surface area contributed by atoms with Crippen molar-refractivity contribution >= 4 is 0 Å². The second kappa shape index (κ2) is 6.17. The Morgan fingerprint density at radius 1 is 1.31 bits per heavy atom. The van der Waals surface area contributed by atoms with Gasteiger partial charge in [-0.3, -0.25) is 0 Å². The highest BCUT2D eigenvalue weighted by Crippen LogP contribution is 2.28. The average Bonchev–Trinajstić information content (AvgIpc) is 2.17. The molecule has 1 fully saturated rings. The molecule has 0 aromatic carbocycles. The standard InChI is InChI=1S/C11H21NO/c1-12-9-11-6-4-10(5-7-11)3-2-8-13/h2-3,10-13H,4-9H2,1H3/b3-2+. The summed E-state index contributed by atoms with van der Waals surface area (Å²) in [6, 6.07) is 0. The zero-order chi connectivity index (χ0) is 9.52. The van der Waals surface area contributed by atoms with Gasteiger partial charge >= 0.3 is 0 Å². The van der Waals surface area contributed by atoms with Crippen molar-refractivity contribution in [3.05, 3.63) is 12.2 Å². The molecule has 0 spiro atoms. The van der Waals surface area contributed by atoms with Crippen LogP contribution in [0.3, 0.4) is 0 Å². The van der Waals surface area contributed by atoms with Crippen molar-refractivity contribution in [3.63, 3.8) is 0 Å². The van der Waals surface area contributed by atoms with Gasteiger partial charge in [0.25, 0.3) is 0 Å². The summed E-state index contributed by atoms with van der Waals surface area (Å²) in [6.45, 7) is 1.35. The third kappa shape index (κ3) is 3.92. The van der Waals surface area contributed by atoms with Crippen molar-refractivity contribution in [3.8, 4) is 0 Å². The maximum absolute atomic E-state index is 8.64. The number of nitrogens with one attached hydrogen (secondary N) is 1. The molecule has 0 amide bonds.